The Morgan fingerprint density at radius 3 is 1.71 bits per heavy atom. The average Bonchev–Trinajstić information content (AvgIpc) is 1.31. The van der Waals surface area contributed by atoms with Gasteiger partial charge in [0.1, 0.15) is 0 Å². The van der Waals surface area contributed by atoms with Crippen LogP contribution in [0.2, 0.25) is 0 Å². The first kappa shape index (κ1) is 7.84. The third-order valence-corrected chi connectivity index (χ3v) is 3.30. The fraction of sp³-hybridized carbons (Fsp3) is 0. The summed E-state index contributed by atoms with van der Waals surface area (Å²) >= 11 is 14.9. The first-order chi connectivity index (χ1) is 2.94. The smallest absolute Gasteiger partial charge is 0.283 e. The van der Waals surface area contributed by atoms with Crippen LogP contribution in [0.5, 0.6) is 0 Å². The topological polar surface area (TPSA) is 17.1 Å². The van der Waals surface area contributed by atoms with E-state index in [9.17, 15) is 4.57 Å². The van der Waals surface area contributed by atoms with E-state index in [1.807, 2.05) is 0 Å². The molecule has 42 valence electrons. The Hall–Kier alpha value is 0.840. The Morgan fingerprint density at radius 2 is 1.71 bits per heavy atom. The molecular formula is C2H2Cl3OP. The largest absolute Gasteiger partial charge is 0.292 e. The molecule has 0 fully saturated rings. The molecule has 0 radical (unpaired) electrons. The number of hydrogen-bond donors (Lipinski definition) is 0. The third kappa shape index (κ3) is 3.42. The predicted octanol–water partition coefficient (Wildman–Crippen LogP) is 3.37. The SMILES string of the molecule is C=C(Cl)P(=O)(Cl)Cl. The second-order valence-electron chi connectivity index (χ2n) is 0.838. The lowest BCUT2D eigenvalue weighted by Crippen LogP contribution is -1.51. The Kier molecular flexibility index (Phi) is 2.70. The summed E-state index contributed by atoms with van der Waals surface area (Å²) in [6.07, 6.45) is 0. The van der Waals surface area contributed by atoms with Crippen LogP contribution in [0.3, 0.4) is 0 Å². The van der Waals surface area contributed by atoms with Crippen LogP contribution in [0, 0.1) is 0 Å². The Labute approximate surface area is 56.2 Å². The molecular weight excluding hydrogens is 177 g/mol. The van der Waals surface area contributed by atoms with Crippen LogP contribution < -0.4 is 0 Å². The summed E-state index contributed by atoms with van der Waals surface area (Å²) in [6, 6.07) is 0. The molecule has 0 amide bonds. The van der Waals surface area contributed by atoms with Gasteiger partial charge in [0.25, 0.3) is 5.85 Å². The molecule has 0 saturated carbocycles. The highest BCUT2D eigenvalue weighted by molar-refractivity contribution is 8.12. The first-order valence-electron chi connectivity index (χ1n) is 1.29. The van der Waals surface area contributed by atoms with Gasteiger partial charge in [-0.1, -0.05) is 18.2 Å². The highest BCUT2D eigenvalue weighted by Gasteiger charge is 2.15. The molecule has 0 unspecified atom stereocenters. The van der Waals surface area contributed by atoms with Crippen molar-refractivity contribution < 1.29 is 4.57 Å². The van der Waals surface area contributed by atoms with Crippen LogP contribution >= 0.6 is 39.9 Å². The van der Waals surface area contributed by atoms with E-state index < -0.39 is 5.85 Å². The van der Waals surface area contributed by atoms with Gasteiger partial charge in [-0.3, -0.25) is 4.57 Å². The standard InChI is InChI=1S/C2H2Cl3OP/c1-2(3)7(4,5)6/h1H2. The highest BCUT2D eigenvalue weighted by atomic mass is 35.9. The zero-order chi connectivity index (χ0) is 6.08. The number of halogens is 3. The summed E-state index contributed by atoms with van der Waals surface area (Å²) in [4.78, 5) is 0. The zero-order valence-electron chi connectivity index (χ0n) is 3.20. The van der Waals surface area contributed by atoms with Gasteiger partial charge in [-0.25, -0.2) is 0 Å². The zero-order valence-corrected chi connectivity index (χ0v) is 6.36. The minimum absolute atomic E-state index is 0.198. The van der Waals surface area contributed by atoms with Crippen LogP contribution in [0.1, 0.15) is 0 Å². The lowest BCUT2D eigenvalue weighted by atomic mass is 11.3. The Balaban J connectivity index is 4.09. The van der Waals surface area contributed by atoms with Crippen LogP contribution in [-0.2, 0) is 4.57 Å². The first-order valence-corrected chi connectivity index (χ1v) is 5.18. The number of hydrogen-bond acceptors (Lipinski definition) is 1. The van der Waals surface area contributed by atoms with Gasteiger partial charge in [-0.05, 0) is 22.5 Å². The Bertz CT molecular complexity index is 125. The van der Waals surface area contributed by atoms with Crippen LogP contribution in [0.4, 0.5) is 0 Å². The summed E-state index contributed by atoms with van der Waals surface area (Å²) in [5, 5.41) is 0. The van der Waals surface area contributed by atoms with Crippen LogP contribution in [-0.4, -0.2) is 0 Å². The van der Waals surface area contributed by atoms with E-state index in [1.165, 1.54) is 0 Å². The molecule has 0 aliphatic heterocycles. The lowest BCUT2D eigenvalue weighted by molar-refractivity contribution is 0.597. The molecule has 0 heterocycles. The third-order valence-electron chi connectivity index (χ3n) is 0.282. The molecule has 0 bridgehead atoms. The molecule has 0 aromatic rings. The van der Waals surface area contributed by atoms with Crippen molar-refractivity contribution in [1.82, 2.24) is 0 Å². The number of rotatable bonds is 1. The molecule has 0 aliphatic rings. The second kappa shape index (κ2) is 2.41. The minimum atomic E-state index is -3.22. The van der Waals surface area contributed by atoms with Crippen molar-refractivity contribution in [2.24, 2.45) is 0 Å². The van der Waals surface area contributed by atoms with Crippen molar-refractivity contribution in [2.75, 3.05) is 0 Å². The summed E-state index contributed by atoms with van der Waals surface area (Å²) in [7, 11) is 0. The summed E-state index contributed by atoms with van der Waals surface area (Å²) in [5.74, 6) is -3.22. The normalized spacial score (nSPS) is 11.3. The van der Waals surface area contributed by atoms with Gasteiger partial charge >= 0.3 is 0 Å². The van der Waals surface area contributed by atoms with E-state index in [0.29, 0.717) is 0 Å². The Morgan fingerprint density at radius 1 is 1.57 bits per heavy atom. The molecule has 1 nitrogen and oxygen atoms in total. The lowest BCUT2D eigenvalue weighted by Gasteiger charge is -1.91. The molecule has 0 aromatic carbocycles. The van der Waals surface area contributed by atoms with Crippen LogP contribution in [0.25, 0.3) is 0 Å². The van der Waals surface area contributed by atoms with Crippen molar-refractivity contribution >= 4 is 39.9 Å². The van der Waals surface area contributed by atoms with Gasteiger partial charge in [0.15, 0.2) is 0 Å². The van der Waals surface area contributed by atoms with Crippen molar-refractivity contribution in [3.05, 3.63) is 11.4 Å². The van der Waals surface area contributed by atoms with E-state index >= 15 is 0 Å². The van der Waals surface area contributed by atoms with E-state index in [1.54, 1.807) is 0 Å². The fourth-order valence-electron chi connectivity index (χ4n) is 0. The van der Waals surface area contributed by atoms with Crippen molar-refractivity contribution in [1.29, 1.82) is 0 Å². The molecule has 0 spiro atoms. The highest BCUT2D eigenvalue weighted by Crippen LogP contribution is 2.64. The minimum Gasteiger partial charge on any atom is -0.283 e. The second-order valence-corrected chi connectivity index (χ2v) is 6.40. The van der Waals surface area contributed by atoms with Crippen molar-refractivity contribution in [3.8, 4) is 0 Å². The van der Waals surface area contributed by atoms with Crippen molar-refractivity contribution in [3.63, 3.8) is 0 Å². The van der Waals surface area contributed by atoms with E-state index in [0.717, 1.165) is 0 Å². The summed E-state index contributed by atoms with van der Waals surface area (Å²) in [5.41, 5.74) is 0. The van der Waals surface area contributed by atoms with Gasteiger partial charge in [-0.15, -0.1) is 0 Å². The molecule has 0 atom stereocenters. The fourth-order valence-corrected chi connectivity index (χ4v) is 0. The van der Waals surface area contributed by atoms with Gasteiger partial charge in [-0.2, -0.15) is 0 Å². The summed E-state index contributed by atoms with van der Waals surface area (Å²) in [6.45, 7) is 3.06. The molecule has 0 saturated heterocycles. The average molecular weight is 179 g/mol. The van der Waals surface area contributed by atoms with E-state index in [4.69, 9.17) is 34.1 Å². The van der Waals surface area contributed by atoms with E-state index in [-0.39, 0.29) is 4.77 Å². The molecule has 0 aromatic heterocycles. The van der Waals surface area contributed by atoms with Gasteiger partial charge < -0.3 is 0 Å². The maximum atomic E-state index is 10.2. The van der Waals surface area contributed by atoms with E-state index in [2.05, 4.69) is 6.58 Å². The van der Waals surface area contributed by atoms with Gasteiger partial charge in [0.2, 0.25) is 0 Å². The maximum absolute atomic E-state index is 10.2. The summed E-state index contributed by atoms with van der Waals surface area (Å²) < 4.78 is 10.0. The van der Waals surface area contributed by atoms with Gasteiger partial charge in [0.05, 0.1) is 4.77 Å². The maximum Gasteiger partial charge on any atom is 0.292 e. The van der Waals surface area contributed by atoms with Gasteiger partial charge in [0, 0.05) is 0 Å². The molecule has 5 heteroatoms. The predicted molar refractivity (Wildman–Crippen MR) is 34.3 cm³/mol. The molecule has 0 aliphatic carbocycles. The molecule has 0 N–H and O–H groups in total. The van der Waals surface area contributed by atoms with Crippen molar-refractivity contribution in [2.45, 2.75) is 0 Å². The molecule has 7 heavy (non-hydrogen) atoms. The van der Waals surface area contributed by atoms with Crippen LogP contribution in [0.15, 0.2) is 11.4 Å². The molecule has 0 rings (SSSR count). The monoisotopic (exact) mass is 178 g/mol. The quantitative estimate of drug-likeness (QED) is 0.564.